The van der Waals surface area contributed by atoms with E-state index in [0.717, 1.165) is 33.7 Å². The average molecular weight is 741 g/mol. The Morgan fingerprint density at radius 2 is 0.862 bits per heavy atom. The van der Waals surface area contributed by atoms with Gasteiger partial charge in [-0.2, -0.15) is 0 Å². The topological polar surface area (TPSA) is 17.8 Å². The quantitative estimate of drug-likeness (QED) is 0.166. The van der Waals surface area contributed by atoms with Gasteiger partial charge in [0, 0.05) is 32.9 Å². The molecular weight excluding hydrogens is 701 g/mol. The lowest BCUT2D eigenvalue weighted by Gasteiger charge is -2.21. The Hall–Kier alpha value is -7.29. The summed E-state index contributed by atoms with van der Waals surface area (Å²) in [5.41, 5.74) is 20.0. The molecule has 1 aliphatic carbocycles. The molecule has 0 fully saturated rings. The first-order chi connectivity index (χ1) is 28.5. The van der Waals surface area contributed by atoms with Crippen LogP contribution < -0.4 is 0 Å². The standard InChI is InChI=1S/C56H40N2/c1-56(2)50-26-16-15-25-45(50)47-31-41(27-29-51(47)56)42-28-30-54-48(32-42)49-34-43(37-17-7-3-8-18-37)33-46(38-19-9-4-10-20-38)55(49)58(54)44-35-52(39-21-11-5-12-22-39)57-53(36-44)40-23-13-6-14-24-40/h3-36H,1-2H3. The summed E-state index contributed by atoms with van der Waals surface area (Å²) in [5.74, 6) is 0. The van der Waals surface area contributed by atoms with Crippen molar-refractivity contribution in [2.45, 2.75) is 19.3 Å². The highest BCUT2D eigenvalue weighted by Crippen LogP contribution is 2.50. The van der Waals surface area contributed by atoms with E-state index in [0.29, 0.717) is 0 Å². The molecule has 2 aromatic heterocycles. The van der Waals surface area contributed by atoms with E-state index in [1.54, 1.807) is 0 Å². The van der Waals surface area contributed by atoms with E-state index in [1.165, 1.54) is 71.9 Å². The van der Waals surface area contributed by atoms with E-state index in [4.69, 9.17) is 4.98 Å². The van der Waals surface area contributed by atoms with Crippen molar-refractivity contribution in [1.29, 1.82) is 0 Å². The molecule has 2 nitrogen and oxygen atoms in total. The number of hydrogen-bond donors (Lipinski definition) is 0. The highest BCUT2D eigenvalue weighted by molar-refractivity contribution is 6.16. The summed E-state index contributed by atoms with van der Waals surface area (Å²) >= 11 is 0. The zero-order valence-electron chi connectivity index (χ0n) is 32.5. The molecule has 2 heteroatoms. The van der Waals surface area contributed by atoms with Crippen LogP contribution in [0.5, 0.6) is 0 Å². The molecule has 0 N–H and O–H groups in total. The summed E-state index contributed by atoms with van der Waals surface area (Å²) in [6, 6.07) is 75.0. The molecule has 10 aromatic rings. The smallest absolute Gasteiger partial charge is 0.0730 e. The van der Waals surface area contributed by atoms with Gasteiger partial charge in [-0.25, -0.2) is 4.98 Å². The van der Waals surface area contributed by atoms with Gasteiger partial charge in [0.25, 0.3) is 0 Å². The van der Waals surface area contributed by atoms with Crippen molar-refractivity contribution >= 4 is 21.8 Å². The van der Waals surface area contributed by atoms with Crippen LogP contribution in [0.15, 0.2) is 206 Å². The largest absolute Gasteiger partial charge is 0.308 e. The van der Waals surface area contributed by atoms with Crippen LogP contribution in [0.4, 0.5) is 0 Å². The van der Waals surface area contributed by atoms with Gasteiger partial charge >= 0.3 is 0 Å². The van der Waals surface area contributed by atoms with Crippen LogP contribution in [0.3, 0.4) is 0 Å². The number of hydrogen-bond acceptors (Lipinski definition) is 1. The lowest BCUT2D eigenvalue weighted by Crippen LogP contribution is -2.14. The summed E-state index contributed by atoms with van der Waals surface area (Å²) in [7, 11) is 0. The van der Waals surface area contributed by atoms with E-state index in [9.17, 15) is 0 Å². The first-order valence-electron chi connectivity index (χ1n) is 20.1. The molecule has 0 aliphatic heterocycles. The highest BCUT2D eigenvalue weighted by Gasteiger charge is 2.35. The maximum atomic E-state index is 5.27. The Morgan fingerprint density at radius 3 is 1.52 bits per heavy atom. The third-order valence-corrected chi connectivity index (χ3v) is 12.2. The van der Waals surface area contributed by atoms with E-state index < -0.39 is 0 Å². The van der Waals surface area contributed by atoms with Crippen LogP contribution in [0.2, 0.25) is 0 Å². The summed E-state index contributed by atoms with van der Waals surface area (Å²) in [6.45, 7) is 4.69. The number of pyridine rings is 1. The lowest BCUT2D eigenvalue weighted by atomic mass is 9.82. The Morgan fingerprint density at radius 1 is 0.362 bits per heavy atom. The predicted octanol–water partition coefficient (Wildman–Crippen LogP) is 14.8. The van der Waals surface area contributed by atoms with Crippen LogP contribution in [0, 0.1) is 0 Å². The molecule has 0 saturated carbocycles. The Bertz CT molecular complexity index is 3100. The van der Waals surface area contributed by atoms with Crippen molar-refractivity contribution in [2.75, 3.05) is 0 Å². The molecule has 0 amide bonds. The van der Waals surface area contributed by atoms with Gasteiger partial charge in [-0.15, -0.1) is 0 Å². The van der Waals surface area contributed by atoms with E-state index >= 15 is 0 Å². The minimum Gasteiger partial charge on any atom is -0.308 e. The first-order valence-corrected chi connectivity index (χ1v) is 20.1. The van der Waals surface area contributed by atoms with Crippen LogP contribution in [-0.2, 0) is 5.41 Å². The van der Waals surface area contributed by atoms with Crippen molar-refractivity contribution < 1.29 is 0 Å². The molecule has 58 heavy (non-hydrogen) atoms. The van der Waals surface area contributed by atoms with Crippen molar-refractivity contribution in [3.63, 3.8) is 0 Å². The van der Waals surface area contributed by atoms with E-state index in [1.807, 2.05) is 0 Å². The SMILES string of the molecule is CC1(C)c2ccccc2-c2cc(-c3ccc4c(c3)c3cc(-c5ccccc5)cc(-c5ccccc5)c3n4-c3cc(-c4ccccc4)nc(-c4ccccc4)c3)ccc21. The zero-order chi connectivity index (χ0) is 38.8. The average Bonchev–Trinajstić information content (AvgIpc) is 3.74. The third kappa shape index (κ3) is 5.52. The summed E-state index contributed by atoms with van der Waals surface area (Å²) in [6.07, 6.45) is 0. The molecule has 0 radical (unpaired) electrons. The lowest BCUT2D eigenvalue weighted by molar-refractivity contribution is 0.660. The molecule has 8 aromatic carbocycles. The molecule has 2 heterocycles. The molecule has 0 saturated heterocycles. The van der Waals surface area contributed by atoms with Gasteiger partial charge in [0.2, 0.25) is 0 Å². The fourth-order valence-corrected chi connectivity index (χ4v) is 9.29. The minimum absolute atomic E-state index is 0.0364. The first kappa shape index (κ1) is 34.0. The molecule has 0 spiro atoms. The Labute approximate surface area is 339 Å². The minimum atomic E-state index is -0.0364. The summed E-state index contributed by atoms with van der Waals surface area (Å²) in [4.78, 5) is 5.27. The molecule has 1 aliphatic rings. The molecule has 11 rings (SSSR count). The number of nitrogens with zero attached hydrogens (tertiary/aromatic N) is 2. The van der Waals surface area contributed by atoms with Gasteiger partial charge in [0.1, 0.15) is 0 Å². The molecule has 0 atom stereocenters. The summed E-state index contributed by atoms with van der Waals surface area (Å²) < 4.78 is 2.48. The second-order valence-electron chi connectivity index (χ2n) is 16.0. The van der Waals surface area contributed by atoms with E-state index in [-0.39, 0.29) is 5.41 Å². The monoisotopic (exact) mass is 740 g/mol. The van der Waals surface area contributed by atoms with Gasteiger partial charge in [-0.1, -0.05) is 178 Å². The van der Waals surface area contributed by atoms with Gasteiger partial charge in [0.05, 0.1) is 28.1 Å². The fraction of sp³-hybridized carbons (Fsp3) is 0.0536. The molecular formula is C56H40N2. The molecule has 274 valence electrons. The number of rotatable bonds is 6. The Kier molecular flexibility index (Phi) is 7.87. The van der Waals surface area contributed by atoms with Crippen LogP contribution in [-0.4, -0.2) is 9.55 Å². The second-order valence-corrected chi connectivity index (χ2v) is 16.0. The van der Waals surface area contributed by atoms with Crippen LogP contribution in [0.1, 0.15) is 25.0 Å². The van der Waals surface area contributed by atoms with Crippen molar-refractivity contribution in [3.05, 3.63) is 217 Å². The number of aromatic nitrogens is 2. The van der Waals surface area contributed by atoms with Gasteiger partial charge in [-0.3, -0.25) is 0 Å². The number of benzene rings is 8. The Balaban J connectivity index is 1.22. The fourth-order valence-electron chi connectivity index (χ4n) is 9.29. The van der Waals surface area contributed by atoms with Crippen molar-refractivity contribution in [2.24, 2.45) is 0 Å². The molecule has 0 bridgehead atoms. The third-order valence-electron chi connectivity index (χ3n) is 12.2. The van der Waals surface area contributed by atoms with Gasteiger partial charge in [-0.05, 0) is 92.5 Å². The number of fused-ring (bicyclic) bond motifs is 6. The van der Waals surface area contributed by atoms with Crippen molar-refractivity contribution in [3.8, 4) is 72.7 Å². The van der Waals surface area contributed by atoms with Gasteiger partial charge in [0.15, 0.2) is 0 Å². The predicted molar refractivity (Wildman–Crippen MR) is 243 cm³/mol. The second kappa shape index (κ2) is 13.4. The van der Waals surface area contributed by atoms with Crippen LogP contribution >= 0.6 is 0 Å². The van der Waals surface area contributed by atoms with Crippen LogP contribution in [0.25, 0.3) is 94.5 Å². The highest BCUT2D eigenvalue weighted by atomic mass is 15.0. The maximum Gasteiger partial charge on any atom is 0.0730 e. The van der Waals surface area contributed by atoms with E-state index in [2.05, 4.69) is 225 Å². The maximum absolute atomic E-state index is 5.27. The van der Waals surface area contributed by atoms with Gasteiger partial charge < -0.3 is 4.57 Å². The molecule has 0 unspecified atom stereocenters. The van der Waals surface area contributed by atoms with Crippen molar-refractivity contribution in [1.82, 2.24) is 9.55 Å². The zero-order valence-corrected chi connectivity index (χ0v) is 32.5. The normalized spacial score (nSPS) is 12.8. The summed E-state index contributed by atoms with van der Waals surface area (Å²) in [5, 5.41) is 2.42.